The third kappa shape index (κ3) is 3.65. The summed E-state index contributed by atoms with van der Waals surface area (Å²) in [7, 11) is -3.24. The van der Waals surface area contributed by atoms with Gasteiger partial charge in [0.2, 0.25) is 0 Å². The average molecular weight is 206 g/mol. The van der Waals surface area contributed by atoms with Crippen LogP contribution in [0.5, 0.6) is 0 Å². The predicted molar refractivity (Wildman–Crippen MR) is 52.0 cm³/mol. The fourth-order valence-electron chi connectivity index (χ4n) is 1.75. The molecule has 1 rings (SSSR count). The maximum atomic E-state index is 11.3. The summed E-state index contributed by atoms with van der Waals surface area (Å²) < 4.78 is 27.6. The van der Waals surface area contributed by atoms with Gasteiger partial charge >= 0.3 is 0 Å². The molecule has 0 N–H and O–H groups in total. The van der Waals surface area contributed by atoms with Crippen LogP contribution in [0.25, 0.3) is 0 Å². The molecule has 3 nitrogen and oxygen atoms in total. The Balaban J connectivity index is 2.40. The first-order valence-corrected chi connectivity index (χ1v) is 6.52. The van der Waals surface area contributed by atoms with Crippen molar-refractivity contribution < 1.29 is 12.6 Å². The van der Waals surface area contributed by atoms with Crippen LogP contribution >= 0.6 is 0 Å². The Hall–Kier alpha value is -0.0900. The molecule has 0 heterocycles. The minimum absolute atomic E-state index is 0.0495. The molecule has 0 bridgehead atoms. The standard InChI is InChI=1S/C9H18O3S/c1-3-6-13(10,11)12-9-5-4-8(2)7-9/h8-9H,3-7H2,1-2H3. The Morgan fingerprint density at radius 3 is 2.54 bits per heavy atom. The molecule has 4 heteroatoms. The van der Waals surface area contributed by atoms with E-state index in [-0.39, 0.29) is 11.9 Å². The number of hydrogen-bond donors (Lipinski definition) is 0. The summed E-state index contributed by atoms with van der Waals surface area (Å²) in [5.74, 6) is 0.763. The predicted octanol–water partition coefficient (Wildman–Crippen LogP) is 1.93. The summed E-state index contributed by atoms with van der Waals surface area (Å²) in [4.78, 5) is 0. The molecule has 78 valence electrons. The zero-order chi connectivity index (χ0) is 9.90. The van der Waals surface area contributed by atoms with Crippen LogP contribution in [-0.4, -0.2) is 20.3 Å². The van der Waals surface area contributed by atoms with Crippen LogP contribution in [0, 0.1) is 5.92 Å². The van der Waals surface area contributed by atoms with Gasteiger partial charge in [-0.15, -0.1) is 0 Å². The molecule has 1 saturated carbocycles. The van der Waals surface area contributed by atoms with E-state index in [0.717, 1.165) is 19.3 Å². The first kappa shape index (κ1) is 11.0. The Morgan fingerprint density at radius 2 is 2.08 bits per heavy atom. The Labute approximate surface area is 80.6 Å². The fourth-order valence-corrected chi connectivity index (χ4v) is 2.93. The molecule has 0 aromatic heterocycles. The van der Waals surface area contributed by atoms with E-state index in [2.05, 4.69) is 6.92 Å². The summed E-state index contributed by atoms with van der Waals surface area (Å²) in [5.41, 5.74) is 0. The largest absolute Gasteiger partial charge is 0.267 e. The average Bonchev–Trinajstić information content (AvgIpc) is 2.34. The van der Waals surface area contributed by atoms with E-state index < -0.39 is 10.1 Å². The van der Waals surface area contributed by atoms with Crippen LogP contribution in [0.1, 0.15) is 39.5 Å². The van der Waals surface area contributed by atoms with Gasteiger partial charge in [-0.3, -0.25) is 4.18 Å². The molecule has 13 heavy (non-hydrogen) atoms. The van der Waals surface area contributed by atoms with E-state index in [1.165, 1.54) is 0 Å². The summed E-state index contributed by atoms with van der Waals surface area (Å²) in [6.45, 7) is 3.98. The highest BCUT2D eigenvalue weighted by atomic mass is 32.2. The molecular formula is C9H18O3S. The third-order valence-electron chi connectivity index (χ3n) is 2.38. The molecule has 0 spiro atoms. The van der Waals surface area contributed by atoms with Crippen molar-refractivity contribution in [2.24, 2.45) is 5.92 Å². The van der Waals surface area contributed by atoms with Crippen molar-refractivity contribution in [3.63, 3.8) is 0 Å². The van der Waals surface area contributed by atoms with Gasteiger partial charge in [0.1, 0.15) is 0 Å². The second-order valence-electron chi connectivity index (χ2n) is 3.90. The monoisotopic (exact) mass is 206 g/mol. The molecule has 0 radical (unpaired) electrons. The van der Waals surface area contributed by atoms with E-state index in [9.17, 15) is 8.42 Å². The molecule has 0 saturated heterocycles. The summed E-state index contributed by atoms with van der Waals surface area (Å²) >= 11 is 0. The van der Waals surface area contributed by atoms with Crippen LogP contribution in [0.4, 0.5) is 0 Å². The highest BCUT2D eigenvalue weighted by Crippen LogP contribution is 2.28. The van der Waals surface area contributed by atoms with E-state index in [1.807, 2.05) is 6.92 Å². The van der Waals surface area contributed by atoms with Gasteiger partial charge in [0, 0.05) is 0 Å². The molecule has 1 aliphatic carbocycles. The maximum Gasteiger partial charge on any atom is 0.267 e. The zero-order valence-electron chi connectivity index (χ0n) is 8.32. The van der Waals surface area contributed by atoms with Crippen molar-refractivity contribution in [3.8, 4) is 0 Å². The van der Waals surface area contributed by atoms with E-state index in [1.54, 1.807) is 0 Å². The second-order valence-corrected chi connectivity index (χ2v) is 5.61. The van der Waals surface area contributed by atoms with Gasteiger partial charge in [0.05, 0.1) is 11.9 Å². The first-order valence-electron chi connectivity index (χ1n) is 4.94. The molecule has 0 aromatic rings. The first-order chi connectivity index (χ1) is 6.03. The zero-order valence-corrected chi connectivity index (χ0v) is 9.14. The number of hydrogen-bond acceptors (Lipinski definition) is 3. The molecular weight excluding hydrogens is 188 g/mol. The van der Waals surface area contributed by atoms with Crippen LogP contribution in [0.15, 0.2) is 0 Å². The van der Waals surface area contributed by atoms with Crippen molar-refractivity contribution in [2.75, 3.05) is 5.75 Å². The Kier molecular flexibility index (Phi) is 3.74. The normalized spacial score (nSPS) is 29.4. The van der Waals surface area contributed by atoms with Crippen LogP contribution in [-0.2, 0) is 14.3 Å². The van der Waals surface area contributed by atoms with E-state index in [4.69, 9.17) is 4.18 Å². The highest BCUT2D eigenvalue weighted by molar-refractivity contribution is 7.86. The second kappa shape index (κ2) is 4.42. The highest BCUT2D eigenvalue weighted by Gasteiger charge is 2.26. The van der Waals surface area contributed by atoms with Gasteiger partial charge in [-0.1, -0.05) is 13.8 Å². The summed E-state index contributed by atoms with van der Waals surface area (Å²) in [5, 5.41) is 0. The lowest BCUT2D eigenvalue weighted by atomic mass is 10.1. The fraction of sp³-hybridized carbons (Fsp3) is 1.00. The lowest BCUT2D eigenvalue weighted by molar-refractivity contribution is 0.213. The topological polar surface area (TPSA) is 43.4 Å². The summed E-state index contributed by atoms with van der Waals surface area (Å²) in [6.07, 6.45) is 3.45. The third-order valence-corrected chi connectivity index (χ3v) is 3.86. The smallest absolute Gasteiger partial charge is 0.267 e. The molecule has 1 aliphatic rings. The minimum atomic E-state index is -3.24. The Bertz CT molecular complexity index is 246. The lowest BCUT2D eigenvalue weighted by Crippen LogP contribution is -2.18. The van der Waals surface area contributed by atoms with Crippen LogP contribution < -0.4 is 0 Å². The van der Waals surface area contributed by atoms with Crippen molar-refractivity contribution in [1.82, 2.24) is 0 Å². The van der Waals surface area contributed by atoms with Gasteiger partial charge in [0.15, 0.2) is 0 Å². The van der Waals surface area contributed by atoms with Gasteiger partial charge in [0.25, 0.3) is 10.1 Å². The van der Waals surface area contributed by atoms with Gasteiger partial charge in [-0.05, 0) is 31.6 Å². The molecule has 2 unspecified atom stereocenters. The van der Waals surface area contributed by atoms with E-state index >= 15 is 0 Å². The van der Waals surface area contributed by atoms with Gasteiger partial charge < -0.3 is 0 Å². The van der Waals surface area contributed by atoms with E-state index in [0.29, 0.717) is 12.3 Å². The Morgan fingerprint density at radius 1 is 1.38 bits per heavy atom. The molecule has 0 amide bonds. The molecule has 0 aromatic carbocycles. The lowest BCUT2D eigenvalue weighted by Gasteiger charge is -2.10. The number of rotatable bonds is 4. The molecule has 1 fully saturated rings. The SMILES string of the molecule is CCCS(=O)(=O)OC1CCC(C)C1. The van der Waals surface area contributed by atoms with Gasteiger partial charge in [-0.2, -0.15) is 8.42 Å². The van der Waals surface area contributed by atoms with Crippen molar-refractivity contribution >= 4 is 10.1 Å². The molecule has 0 aliphatic heterocycles. The minimum Gasteiger partial charge on any atom is -0.267 e. The van der Waals surface area contributed by atoms with Crippen molar-refractivity contribution in [3.05, 3.63) is 0 Å². The van der Waals surface area contributed by atoms with Crippen molar-refractivity contribution in [1.29, 1.82) is 0 Å². The molecule has 2 atom stereocenters. The summed E-state index contributed by atoms with van der Waals surface area (Å²) in [6, 6.07) is 0. The maximum absolute atomic E-state index is 11.3. The van der Waals surface area contributed by atoms with Crippen LogP contribution in [0.3, 0.4) is 0 Å². The van der Waals surface area contributed by atoms with Gasteiger partial charge in [-0.25, -0.2) is 0 Å². The van der Waals surface area contributed by atoms with Crippen molar-refractivity contribution in [2.45, 2.75) is 45.6 Å². The van der Waals surface area contributed by atoms with Crippen LogP contribution in [0.2, 0.25) is 0 Å². The quantitative estimate of drug-likeness (QED) is 0.660.